The van der Waals surface area contributed by atoms with Crippen LogP contribution in [0.4, 0.5) is 13.2 Å². The number of nitrogens with zero attached hydrogens (tertiary/aromatic N) is 2. The summed E-state index contributed by atoms with van der Waals surface area (Å²) in [6.07, 6.45) is -3.62. The molecule has 0 radical (unpaired) electrons. The van der Waals surface area contributed by atoms with Gasteiger partial charge >= 0.3 is 6.18 Å². The first-order chi connectivity index (χ1) is 12.5. The summed E-state index contributed by atoms with van der Waals surface area (Å²) in [6, 6.07) is 19.4. The second-order valence-corrected chi connectivity index (χ2v) is 5.92. The van der Waals surface area contributed by atoms with E-state index >= 15 is 0 Å². The van der Waals surface area contributed by atoms with Crippen molar-refractivity contribution in [2.45, 2.75) is 6.18 Å². The van der Waals surface area contributed by atoms with Gasteiger partial charge in [0.15, 0.2) is 0 Å². The zero-order chi connectivity index (χ0) is 18.3. The van der Waals surface area contributed by atoms with Crippen molar-refractivity contribution in [3.8, 4) is 17.3 Å². The van der Waals surface area contributed by atoms with Gasteiger partial charge in [0, 0.05) is 17.1 Å². The Morgan fingerprint density at radius 2 is 1.50 bits per heavy atom. The molecule has 4 rings (SSSR count). The zero-order valence-corrected chi connectivity index (χ0v) is 13.4. The van der Waals surface area contributed by atoms with E-state index in [0.29, 0.717) is 22.2 Å². The molecular weight excluding hydrogens is 337 g/mol. The van der Waals surface area contributed by atoms with E-state index in [0.717, 1.165) is 17.0 Å². The summed E-state index contributed by atoms with van der Waals surface area (Å²) in [5.74, 6) is 0. The van der Waals surface area contributed by atoms with E-state index < -0.39 is 11.7 Å². The predicted molar refractivity (Wildman–Crippen MR) is 94.4 cm³/mol. The third-order valence-corrected chi connectivity index (χ3v) is 4.36. The average Bonchev–Trinajstić information content (AvgIpc) is 2.65. The van der Waals surface area contributed by atoms with Crippen molar-refractivity contribution in [3.05, 3.63) is 78.0 Å². The van der Waals surface area contributed by atoms with Crippen LogP contribution in [0.5, 0.6) is 0 Å². The smallest absolute Gasteiger partial charge is 0.255 e. The first-order valence-electron chi connectivity index (χ1n) is 7.87. The second-order valence-electron chi connectivity index (χ2n) is 5.92. The summed E-state index contributed by atoms with van der Waals surface area (Å²) in [6.45, 7) is 0. The van der Waals surface area contributed by atoms with Crippen molar-refractivity contribution in [2.24, 2.45) is 0 Å². The number of halogens is 3. The van der Waals surface area contributed by atoms with Gasteiger partial charge in [0.2, 0.25) is 0 Å². The molecule has 0 amide bonds. The van der Waals surface area contributed by atoms with Gasteiger partial charge in [-0.25, -0.2) is 0 Å². The Balaban J connectivity index is 2.05. The zero-order valence-electron chi connectivity index (χ0n) is 13.4. The number of benzene rings is 3. The van der Waals surface area contributed by atoms with Gasteiger partial charge in [-0.15, -0.1) is 0 Å². The molecule has 0 fully saturated rings. The maximum atomic E-state index is 13.3. The molecule has 126 valence electrons. The van der Waals surface area contributed by atoms with E-state index in [9.17, 15) is 18.4 Å². The molecule has 3 aromatic carbocycles. The van der Waals surface area contributed by atoms with Crippen LogP contribution in [0.1, 0.15) is 11.1 Å². The average molecular weight is 348 g/mol. The lowest BCUT2D eigenvalue weighted by Gasteiger charge is -2.13. The van der Waals surface area contributed by atoms with Gasteiger partial charge in [0.25, 0.3) is 0 Å². The number of fused-ring (bicyclic) bond motifs is 2. The number of aromatic nitrogens is 1. The molecule has 0 atom stereocenters. The van der Waals surface area contributed by atoms with Crippen molar-refractivity contribution < 1.29 is 13.2 Å². The Hall–Kier alpha value is -3.39. The molecule has 0 aliphatic rings. The lowest BCUT2D eigenvalue weighted by molar-refractivity contribution is -0.136. The van der Waals surface area contributed by atoms with Gasteiger partial charge in [0.05, 0.1) is 22.9 Å². The van der Waals surface area contributed by atoms with Crippen molar-refractivity contribution in [3.63, 3.8) is 0 Å². The van der Waals surface area contributed by atoms with Gasteiger partial charge in [-0.3, -0.25) is 4.98 Å². The molecule has 0 N–H and O–H groups in total. The van der Waals surface area contributed by atoms with Crippen LogP contribution in [0.15, 0.2) is 66.9 Å². The Kier molecular flexibility index (Phi) is 3.62. The van der Waals surface area contributed by atoms with Gasteiger partial charge < -0.3 is 0 Å². The molecule has 0 saturated carbocycles. The monoisotopic (exact) mass is 348 g/mol. The van der Waals surface area contributed by atoms with Crippen LogP contribution in [-0.2, 0) is 6.18 Å². The summed E-state index contributed by atoms with van der Waals surface area (Å²) in [5.41, 5.74) is 0.739. The summed E-state index contributed by atoms with van der Waals surface area (Å²) in [4.78, 5) is 4.10. The maximum absolute atomic E-state index is 13.3. The molecule has 2 nitrogen and oxygen atoms in total. The van der Waals surface area contributed by atoms with Crippen LogP contribution in [0, 0.1) is 11.3 Å². The Bertz CT molecular complexity index is 1190. The molecule has 1 aromatic heterocycles. The standard InChI is InChI=1S/C21H11F3N2/c22-21(23,24)19-12-26-20(18-8-4-3-7-17(18)19)14-9-13-5-1-2-6-16(13)15(10-14)11-25/h1-10,12H. The van der Waals surface area contributed by atoms with Crippen molar-refractivity contribution in [1.82, 2.24) is 4.98 Å². The minimum absolute atomic E-state index is 0.0941. The molecule has 0 spiro atoms. The van der Waals surface area contributed by atoms with E-state index in [1.54, 1.807) is 24.3 Å². The van der Waals surface area contributed by atoms with Crippen LogP contribution < -0.4 is 0 Å². The van der Waals surface area contributed by atoms with Crippen molar-refractivity contribution in [1.29, 1.82) is 5.26 Å². The SMILES string of the molecule is N#Cc1cc(-c2ncc(C(F)(F)F)c3ccccc23)cc2ccccc12. The third-order valence-electron chi connectivity index (χ3n) is 4.36. The number of hydrogen-bond donors (Lipinski definition) is 0. The van der Waals surface area contributed by atoms with Gasteiger partial charge in [0.1, 0.15) is 0 Å². The predicted octanol–water partition coefficient (Wildman–Crippen LogP) is 5.95. The van der Waals surface area contributed by atoms with Crippen LogP contribution in [-0.4, -0.2) is 4.98 Å². The molecule has 26 heavy (non-hydrogen) atoms. The van der Waals surface area contributed by atoms with Gasteiger partial charge in [-0.05, 0) is 28.3 Å². The summed E-state index contributed by atoms with van der Waals surface area (Å²) >= 11 is 0. The Morgan fingerprint density at radius 3 is 2.19 bits per heavy atom. The maximum Gasteiger partial charge on any atom is 0.418 e. The summed E-state index contributed by atoms with van der Waals surface area (Å²) in [5, 5.41) is 11.6. The fourth-order valence-corrected chi connectivity index (χ4v) is 3.19. The molecule has 0 bridgehead atoms. The number of nitriles is 1. The summed E-state index contributed by atoms with van der Waals surface area (Å²) < 4.78 is 39.9. The van der Waals surface area contributed by atoms with Crippen LogP contribution in [0.3, 0.4) is 0 Å². The van der Waals surface area contributed by atoms with E-state index in [4.69, 9.17) is 0 Å². The quantitative estimate of drug-likeness (QED) is 0.426. The van der Waals surface area contributed by atoms with E-state index in [1.165, 1.54) is 6.07 Å². The minimum Gasteiger partial charge on any atom is -0.255 e. The Morgan fingerprint density at radius 1 is 0.846 bits per heavy atom. The number of rotatable bonds is 1. The highest BCUT2D eigenvalue weighted by Gasteiger charge is 2.33. The number of hydrogen-bond acceptors (Lipinski definition) is 2. The van der Waals surface area contributed by atoms with Gasteiger partial charge in [-0.1, -0.05) is 48.5 Å². The Labute approximate surface area is 147 Å². The van der Waals surface area contributed by atoms with Gasteiger partial charge in [-0.2, -0.15) is 18.4 Å². The van der Waals surface area contributed by atoms with Crippen LogP contribution in [0.2, 0.25) is 0 Å². The molecular formula is C21H11F3N2. The lowest BCUT2D eigenvalue weighted by Crippen LogP contribution is -2.07. The lowest BCUT2D eigenvalue weighted by atomic mass is 9.96. The largest absolute Gasteiger partial charge is 0.418 e. The molecule has 0 aliphatic heterocycles. The number of alkyl halides is 3. The molecule has 1 heterocycles. The molecule has 0 unspecified atom stereocenters. The van der Waals surface area contributed by atoms with Crippen LogP contribution >= 0.6 is 0 Å². The van der Waals surface area contributed by atoms with Crippen molar-refractivity contribution >= 4 is 21.5 Å². The van der Waals surface area contributed by atoms with Crippen molar-refractivity contribution in [2.75, 3.05) is 0 Å². The summed E-state index contributed by atoms with van der Waals surface area (Å²) in [7, 11) is 0. The molecule has 0 aliphatic carbocycles. The molecule has 5 heteroatoms. The van der Waals surface area contributed by atoms with E-state index in [-0.39, 0.29) is 5.39 Å². The fraction of sp³-hybridized carbons (Fsp3) is 0.0476. The first-order valence-corrected chi connectivity index (χ1v) is 7.87. The third kappa shape index (κ3) is 2.56. The second kappa shape index (κ2) is 5.85. The topological polar surface area (TPSA) is 36.7 Å². The van der Waals surface area contributed by atoms with E-state index in [1.807, 2.05) is 30.3 Å². The highest BCUT2D eigenvalue weighted by molar-refractivity contribution is 6.00. The highest BCUT2D eigenvalue weighted by atomic mass is 19.4. The molecule has 4 aromatic rings. The van der Waals surface area contributed by atoms with E-state index in [2.05, 4.69) is 11.1 Å². The molecule has 0 saturated heterocycles. The highest BCUT2D eigenvalue weighted by Crippen LogP contribution is 2.38. The number of pyridine rings is 1. The minimum atomic E-state index is -4.48. The van der Waals surface area contributed by atoms with Crippen LogP contribution in [0.25, 0.3) is 32.8 Å². The normalized spacial score (nSPS) is 11.6. The fourth-order valence-electron chi connectivity index (χ4n) is 3.19. The first kappa shape index (κ1) is 16.1.